The number of aryl methyl sites for hydroxylation is 1. The van der Waals surface area contributed by atoms with Crippen molar-refractivity contribution in [2.24, 2.45) is 0 Å². The van der Waals surface area contributed by atoms with Crippen LogP contribution in [0.1, 0.15) is 22.6 Å². The summed E-state index contributed by atoms with van der Waals surface area (Å²) in [5, 5.41) is 21.2. The third-order valence-electron chi connectivity index (χ3n) is 3.70. The molecule has 23 heavy (non-hydrogen) atoms. The van der Waals surface area contributed by atoms with Gasteiger partial charge in [0, 0.05) is 10.5 Å². The fraction of sp³-hybridized carbons (Fsp3) is 0.294. The molecule has 0 amide bonds. The molecule has 0 aliphatic carbocycles. The minimum Gasteiger partial charge on any atom is -0.508 e. The maximum atomic E-state index is 11.1. The third-order valence-corrected chi connectivity index (χ3v) is 3.70. The molecule has 0 fully saturated rings. The first kappa shape index (κ1) is 16.6. The van der Waals surface area contributed by atoms with Gasteiger partial charge in [-0.15, -0.1) is 0 Å². The van der Waals surface area contributed by atoms with Crippen LogP contribution in [0.3, 0.4) is 0 Å². The van der Waals surface area contributed by atoms with Gasteiger partial charge in [-0.05, 0) is 30.7 Å². The van der Waals surface area contributed by atoms with Crippen molar-refractivity contribution in [2.45, 2.75) is 12.8 Å². The van der Waals surface area contributed by atoms with Gasteiger partial charge in [0.05, 0.1) is 20.1 Å². The molecule has 0 saturated carbocycles. The number of methoxy groups -OCH3 is 2. The highest BCUT2D eigenvalue weighted by Gasteiger charge is 2.24. The Morgan fingerprint density at radius 2 is 1.83 bits per heavy atom. The normalized spacial score (nSPS) is 11.8. The molecule has 0 aliphatic rings. The van der Waals surface area contributed by atoms with Gasteiger partial charge < -0.3 is 14.6 Å². The molecule has 0 saturated heterocycles. The van der Waals surface area contributed by atoms with Crippen molar-refractivity contribution in [3.63, 3.8) is 0 Å². The van der Waals surface area contributed by atoms with E-state index in [-0.39, 0.29) is 17.2 Å². The van der Waals surface area contributed by atoms with Crippen molar-refractivity contribution in [3.05, 3.63) is 63.2 Å². The highest BCUT2D eigenvalue weighted by Crippen LogP contribution is 2.36. The second-order valence-electron chi connectivity index (χ2n) is 5.24. The van der Waals surface area contributed by atoms with Gasteiger partial charge in [-0.25, -0.2) is 0 Å². The number of nitrogens with zero attached hydrogens (tertiary/aromatic N) is 1. The summed E-state index contributed by atoms with van der Waals surface area (Å²) < 4.78 is 10.5. The van der Waals surface area contributed by atoms with Gasteiger partial charge in [-0.1, -0.05) is 23.8 Å². The zero-order chi connectivity index (χ0) is 17.0. The van der Waals surface area contributed by atoms with E-state index in [9.17, 15) is 15.2 Å². The van der Waals surface area contributed by atoms with Crippen LogP contribution < -0.4 is 9.47 Å². The van der Waals surface area contributed by atoms with Crippen molar-refractivity contribution in [1.82, 2.24) is 0 Å². The van der Waals surface area contributed by atoms with Crippen molar-refractivity contribution in [2.75, 3.05) is 20.8 Å². The van der Waals surface area contributed by atoms with Crippen LogP contribution >= 0.6 is 0 Å². The molecule has 2 rings (SSSR count). The first-order valence-electron chi connectivity index (χ1n) is 7.09. The predicted molar refractivity (Wildman–Crippen MR) is 86.1 cm³/mol. The lowest BCUT2D eigenvalue weighted by Gasteiger charge is -2.18. The summed E-state index contributed by atoms with van der Waals surface area (Å²) in [5.41, 5.74) is 2.13. The van der Waals surface area contributed by atoms with Gasteiger partial charge in [0.2, 0.25) is 6.54 Å². The summed E-state index contributed by atoms with van der Waals surface area (Å²) >= 11 is 0. The molecule has 1 N–H and O–H groups in total. The smallest absolute Gasteiger partial charge is 0.214 e. The van der Waals surface area contributed by atoms with Crippen molar-refractivity contribution in [1.29, 1.82) is 0 Å². The first-order valence-corrected chi connectivity index (χ1v) is 7.09. The van der Waals surface area contributed by atoms with Crippen LogP contribution in [0.25, 0.3) is 0 Å². The molecule has 6 nitrogen and oxygen atoms in total. The van der Waals surface area contributed by atoms with Crippen molar-refractivity contribution < 1.29 is 19.5 Å². The Balaban J connectivity index is 2.55. The highest BCUT2D eigenvalue weighted by atomic mass is 16.6. The van der Waals surface area contributed by atoms with Crippen LogP contribution in [0.2, 0.25) is 0 Å². The van der Waals surface area contributed by atoms with Crippen LogP contribution in [0.4, 0.5) is 0 Å². The molecule has 0 heterocycles. The third kappa shape index (κ3) is 3.71. The van der Waals surface area contributed by atoms with Gasteiger partial charge in [-0.3, -0.25) is 10.1 Å². The quantitative estimate of drug-likeness (QED) is 0.654. The molecule has 2 aromatic rings. The lowest BCUT2D eigenvalue weighted by atomic mass is 9.89. The Bertz CT molecular complexity index is 714. The zero-order valence-corrected chi connectivity index (χ0v) is 13.3. The number of phenols is 1. The fourth-order valence-electron chi connectivity index (χ4n) is 2.55. The van der Waals surface area contributed by atoms with E-state index in [1.54, 1.807) is 36.4 Å². The van der Waals surface area contributed by atoms with Gasteiger partial charge in [0.15, 0.2) is 11.5 Å². The summed E-state index contributed by atoms with van der Waals surface area (Å²) in [4.78, 5) is 10.7. The maximum Gasteiger partial charge on any atom is 0.214 e. The molecule has 0 aliphatic heterocycles. The number of rotatable bonds is 6. The number of ether oxygens (including phenoxy) is 2. The average molecular weight is 317 g/mol. The Morgan fingerprint density at radius 3 is 2.43 bits per heavy atom. The zero-order valence-electron chi connectivity index (χ0n) is 13.3. The monoisotopic (exact) mass is 317 g/mol. The van der Waals surface area contributed by atoms with Crippen LogP contribution in [0, 0.1) is 17.0 Å². The van der Waals surface area contributed by atoms with E-state index in [1.165, 1.54) is 14.2 Å². The number of benzene rings is 2. The van der Waals surface area contributed by atoms with E-state index in [0.29, 0.717) is 22.6 Å². The summed E-state index contributed by atoms with van der Waals surface area (Å²) in [6.45, 7) is 1.55. The molecule has 0 radical (unpaired) electrons. The van der Waals surface area contributed by atoms with E-state index in [0.717, 1.165) is 5.56 Å². The minimum absolute atomic E-state index is 0.0391. The molecule has 1 atom stereocenters. The molecular weight excluding hydrogens is 298 g/mol. The second-order valence-corrected chi connectivity index (χ2v) is 5.24. The molecule has 0 aromatic heterocycles. The molecule has 0 bridgehead atoms. The number of aromatic hydroxyl groups is 1. The lowest BCUT2D eigenvalue weighted by Crippen LogP contribution is -2.14. The summed E-state index contributed by atoms with van der Waals surface area (Å²) in [6, 6.07) is 10.2. The SMILES string of the molecule is COc1ccc(C(C[N+](=O)[O-])c2cc(C)ccc2O)cc1OC. The van der Waals surface area contributed by atoms with E-state index in [2.05, 4.69) is 0 Å². The van der Waals surface area contributed by atoms with Gasteiger partial charge >= 0.3 is 0 Å². The summed E-state index contributed by atoms with van der Waals surface area (Å²) in [5.74, 6) is 0.497. The number of nitro groups is 1. The Kier molecular flexibility index (Phi) is 5.05. The van der Waals surface area contributed by atoms with Crippen LogP contribution in [0.5, 0.6) is 17.2 Å². The maximum absolute atomic E-state index is 11.1. The van der Waals surface area contributed by atoms with Crippen LogP contribution in [-0.4, -0.2) is 30.8 Å². The lowest BCUT2D eigenvalue weighted by molar-refractivity contribution is -0.481. The van der Waals surface area contributed by atoms with E-state index < -0.39 is 5.92 Å². The largest absolute Gasteiger partial charge is 0.508 e. The fourth-order valence-corrected chi connectivity index (χ4v) is 2.55. The standard InChI is InChI=1S/C17H19NO5/c1-11-4-6-15(19)13(8-11)14(10-18(20)21)12-5-7-16(22-2)17(9-12)23-3/h4-9,14,19H,10H2,1-3H3. The molecule has 1 unspecified atom stereocenters. The molecule has 2 aromatic carbocycles. The highest BCUT2D eigenvalue weighted by molar-refractivity contribution is 5.49. The Hall–Kier alpha value is -2.76. The van der Waals surface area contributed by atoms with E-state index >= 15 is 0 Å². The number of hydrogen-bond donors (Lipinski definition) is 1. The molecular formula is C17H19NO5. The van der Waals surface area contributed by atoms with Gasteiger partial charge in [-0.2, -0.15) is 0 Å². The van der Waals surface area contributed by atoms with Crippen molar-refractivity contribution in [3.8, 4) is 17.2 Å². The van der Waals surface area contributed by atoms with Gasteiger partial charge in [0.25, 0.3) is 0 Å². The Labute approximate surface area is 134 Å². The second kappa shape index (κ2) is 7.00. The number of hydrogen-bond acceptors (Lipinski definition) is 5. The topological polar surface area (TPSA) is 81.8 Å². The van der Waals surface area contributed by atoms with E-state index in [1.807, 2.05) is 6.92 Å². The molecule has 122 valence electrons. The average Bonchev–Trinajstić information content (AvgIpc) is 2.54. The van der Waals surface area contributed by atoms with E-state index in [4.69, 9.17) is 9.47 Å². The first-order chi connectivity index (χ1) is 11.0. The molecule has 0 spiro atoms. The van der Waals surface area contributed by atoms with Crippen molar-refractivity contribution >= 4 is 0 Å². The molecule has 6 heteroatoms. The summed E-state index contributed by atoms with van der Waals surface area (Å²) in [7, 11) is 3.03. The minimum atomic E-state index is -0.579. The van der Waals surface area contributed by atoms with Crippen LogP contribution in [0.15, 0.2) is 36.4 Å². The van der Waals surface area contributed by atoms with Gasteiger partial charge in [0.1, 0.15) is 5.75 Å². The van der Waals surface area contributed by atoms with Crippen LogP contribution in [-0.2, 0) is 0 Å². The Morgan fingerprint density at radius 1 is 1.13 bits per heavy atom. The predicted octanol–water partition coefficient (Wildman–Crippen LogP) is 3.13. The summed E-state index contributed by atoms with van der Waals surface area (Å²) in [6.07, 6.45) is 0. The number of phenolic OH excluding ortho intramolecular Hbond substituents is 1.